The van der Waals surface area contributed by atoms with Gasteiger partial charge in [-0.1, -0.05) is 0 Å². The van der Waals surface area contributed by atoms with E-state index in [-0.39, 0.29) is 12.5 Å². The monoisotopic (exact) mass is 287 g/mol. The summed E-state index contributed by atoms with van der Waals surface area (Å²) in [6, 6.07) is 3.54. The Morgan fingerprint density at radius 1 is 1.33 bits per heavy atom. The number of rotatable bonds is 3. The SMILES string of the molecule is CN1CCN(C(=O)Cn2nc(C=O)c3cccnc32)CC1. The molecule has 0 N–H and O–H groups in total. The summed E-state index contributed by atoms with van der Waals surface area (Å²) in [5, 5.41) is 4.87. The number of amides is 1. The number of carbonyl (C=O) groups is 2. The Labute approximate surface area is 122 Å². The zero-order chi connectivity index (χ0) is 14.8. The molecule has 2 aromatic heterocycles. The quantitative estimate of drug-likeness (QED) is 0.744. The topological polar surface area (TPSA) is 71.3 Å². The molecule has 0 unspecified atom stereocenters. The third kappa shape index (κ3) is 2.64. The van der Waals surface area contributed by atoms with Crippen LogP contribution in [0.2, 0.25) is 0 Å². The number of aromatic nitrogens is 3. The minimum absolute atomic E-state index is 0.00982. The van der Waals surface area contributed by atoms with E-state index in [1.165, 1.54) is 4.68 Å². The molecule has 0 radical (unpaired) electrons. The third-order valence-electron chi connectivity index (χ3n) is 3.79. The molecule has 2 aromatic rings. The lowest BCUT2D eigenvalue weighted by Gasteiger charge is -2.32. The molecule has 0 aliphatic carbocycles. The van der Waals surface area contributed by atoms with Crippen LogP contribution in [-0.4, -0.2) is 70.0 Å². The van der Waals surface area contributed by atoms with E-state index in [1.54, 1.807) is 18.3 Å². The maximum absolute atomic E-state index is 12.3. The van der Waals surface area contributed by atoms with E-state index >= 15 is 0 Å². The molecule has 0 aromatic carbocycles. The first kappa shape index (κ1) is 13.7. The van der Waals surface area contributed by atoms with Crippen molar-refractivity contribution in [2.24, 2.45) is 0 Å². The largest absolute Gasteiger partial charge is 0.339 e. The smallest absolute Gasteiger partial charge is 0.244 e. The Balaban J connectivity index is 1.81. The number of pyridine rings is 1. The van der Waals surface area contributed by atoms with Crippen molar-refractivity contribution in [2.75, 3.05) is 33.2 Å². The van der Waals surface area contributed by atoms with E-state index in [1.807, 2.05) is 11.9 Å². The molecule has 0 atom stereocenters. The van der Waals surface area contributed by atoms with Crippen LogP contribution in [0.25, 0.3) is 11.0 Å². The molecular formula is C14H17N5O2. The summed E-state index contributed by atoms with van der Waals surface area (Å²) in [6.07, 6.45) is 2.33. The van der Waals surface area contributed by atoms with Crippen molar-refractivity contribution in [3.63, 3.8) is 0 Å². The van der Waals surface area contributed by atoms with Gasteiger partial charge < -0.3 is 9.80 Å². The average molecular weight is 287 g/mol. The van der Waals surface area contributed by atoms with E-state index in [4.69, 9.17) is 0 Å². The number of fused-ring (bicyclic) bond motifs is 1. The molecule has 110 valence electrons. The van der Waals surface area contributed by atoms with Gasteiger partial charge in [-0.3, -0.25) is 9.59 Å². The number of piperazine rings is 1. The van der Waals surface area contributed by atoms with Gasteiger partial charge in [0, 0.05) is 37.8 Å². The van der Waals surface area contributed by atoms with Gasteiger partial charge in [-0.25, -0.2) is 9.67 Å². The Kier molecular flexibility index (Phi) is 3.66. The van der Waals surface area contributed by atoms with Crippen molar-refractivity contribution < 1.29 is 9.59 Å². The predicted octanol–water partition coefficient (Wildman–Crippen LogP) is 0.0178. The molecule has 0 bridgehead atoms. The molecular weight excluding hydrogens is 270 g/mol. The van der Waals surface area contributed by atoms with E-state index in [0.717, 1.165) is 26.2 Å². The first-order chi connectivity index (χ1) is 10.2. The van der Waals surface area contributed by atoms with Gasteiger partial charge >= 0.3 is 0 Å². The zero-order valence-corrected chi connectivity index (χ0v) is 11.9. The predicted molar refractivity (Wildman–Crippen MR) is 77.0 cm³/mol. The van der Waals surface area contributed by atoms with Crippen LogP contribution in [0, 0.1) is 0 Å². The summed E-state index contributed by atoms with van der Waals surface area (Å²) in [5.41, 5.74) is 0.895. The lowest BCUT2D eigenvalue weighted by molar-refractivity contribution is -0.133. The molecule has 1 aliphatic heterocycles. The van der Waals surface area contributed by atoms with Crippen molar-refractivity contribution in [3.8, 4) is 0 Å². The number of hydrogen-bond donors (Lipinski definition) is 0. The van der Waals surface area contributed by atoms with E-state index in [2.05, 4.69) is 15.0 Å². The summed E-state index contributed by atoms with van der Waals surface area (Å²) in [4.78, 5) is 31.6. The van der Waals surface area contributed by atoms with Gasteiger partial charge in [0.05, 0.1) is 0 Å². The van der Waals surface area contributed by atoms with Gasteiger partial charge in [0.2, 0.25) is 5.91 Å². The van der Waals surface area contributed by atoms with Gasteiger partial charge in [0.25, 0.3) is 0 Å². The van der Waals surface area contributed by atoms with Gasteiger partial charge in [-0.15, -0.1) is 0 Å². The molecule has 3 rings (SSSR count). The Morgan fingerprint density at radius 2 is 2.10 bits per heavy atom. The zero-order valence-electron chi connectivity index (χ0n) is 11.9. The maximum atomic E-state index is 12.3. The van der Waals surface area contributed by atoms with Gasteiger partial charge in [-0.2, -0.15) is 5.10 Å². The molecule has 0 saturated carbocycles. The maximum Gasteiger partial charge on any atom is 0.244 e. The molecule has 1 amide bonds. The van der Waals surface area contributed by atoms with Crippen molar-refractivity contribution in [2.45, 2.75) is 6.54 Å². The molecule has 21 heavy (non-hydrogen) atoms. The molecule has 7 nitrogen and oxygen atoms in total. The highest BCUT2D eigenvalue weighted by Gasteiger charge is 2.21. The molecule has 3 heterocycles. The van der Waals surface area contributed by atoms with Gasteiger partial charge in [0.1, 0.15) is 12.2 Å². The van der Waals surface area contributed by atoms with Crippen molar-refractivity contribution in [1.29, 1.82) is 0 Å². The van der Waals surface area contributed by atoms with Crippen LogP contribution in [0.3, 0.4) is 0 Å². The van der Waals surface area contributed by atoms with E-state index < -0.39 is 0 Å². The summed E-state index contributed by atoms with van der Waals surface area (Å²) < 4.78 is 1.51. The van der Waals surface area contributed by atoms with Gasteiger partial charge in [-0.05, 0) is 19.2 Å². The molecule has 7 heteroatoms. The van der Waals surface area contributed by atoms with Crippen LogP contribution in [-0.2, 0) is 11.3 Å². The van der Waals surface area contributed by atoms with Gasteiger partial charge in [0.15, 0.2) is 11.9 Å². The number of nitrogens with zero attached hydrogens (tertiary/aromatic N) is 5. The third-order valence-corrected chi connectivity index (χ3v) is 3.79. The second-order valence-corrected chi connectivity index (χ2v) is 5.22. The number of aldehydes is 1. The fraction of sp³-hybridized carbons (Fsp3) is 0.429. The minimum Gasteiger partial charge on any atom is -0.339 e. The summed E-state index contributed by atoms with van der Waals surface area (Å²) in [7, 11) is 2.04. The van der Waals surface area contributed by atoms with Crippen molar-refractivity contribution in [3.05, 3.63) is 24.0 Å². The molecule has 1 saturated heterocycles. The molecule has 1 fully saturated rings. The Bertz CT molecular complexity index is 673. The van der Waals surface area contributed by atoms with Crippen LogP contribution < -0.4 is 0 Å². The normalized spacial score (nSPS) is 16.3. The van der Waals surface area contributed by atoms with Crippen LogP contribution in [0.5, 0.6) is 0 Å². The molecule has 0 spiro atoms. The second kappa shape index (κ2) is 5.61. The summed E-state index contributed by atoms with van der Waals surface area (Å²) >= 11 is 0. The minimum atomic E-state index is 0.00982. The number of likely N-dealkylation sites (N-methyl/N-ethyl adjacent to an activating group) is 1. The fourth-order valence-electron chi connectivity index (χ4n) is 2.52. The second-order valence-electron chi connectivity index (χ2n) is 5.22. The highest BCUT2D eigenvalue weighted by molar-refractivity contribution is 5.93. The highest BCUT2D eigenvalue weighted by atomic mass is 16.2. The Morgan fingerprint density at radius 3 is 2.81 bits per heavy atom. The van der Waals surface area contributed by atoms with Crippen LogP contribution >= 0.6 is 0 Å². The van der Waals surface area contributed by atoms with Crippen LogP contribution in [0.1, 0.15) is 10.5 Å². The highest BCUT2D eigenvalue weighted by Crippen LogP contribution is 2.15. The number of hydrogen-bond acceptors (Lipinski definition) is 5. The summed E-state index contributed by atoms with van der Waals surface area (Å²) in [6.45, 7) is 3.32. The standard InChI is InChI=1S/C14H17N5O2/c1-17-5-7-18(8-6-17)13(21)9-19-14-11(3-2-4-15-14)12(10-20)16-19/h2-4,10H,5-9H2,1H3. The lowest BCUT2D eigenvalue weighted by atomic mass is 10.3. The first-order valence-corrected chi connectivity index (χ1v) is 6.92. The van der Waals surface area contributed by atoms with Crippen LogP contribution in [0.15, 0.2) is 18.3 Å². The summed E-state index contributed by atoms with van der Waals surface area (Å²) in [5.74, 6) is 0.00982. The van der Waals surface area contributed by atoms with E-state index in [0.29, 0.717) is 23.0 Å². The lowest BCUT2D eigenvalue weighted by Crippen LogP contribution is -2.48. The fourth-order valence-corrected chi connectivity index (χ4v) is 2.52. The van der Waals surface area contributed by atoms with Crippen molar-refractivity contribution >= 4 is 23.2 Å². The Hall–Kier alpha value is -2.28. The van der Waals surface area contributed by atoms with E-state index in [9.17, 15) is 9.59 Å². The molecule has 1 aliphatic rings. The average Bonchev–Trinajstić information content (AvgIpc) is 2.86. The van der Waals surface area contributed by atoms with Crippen LogP contribution in [0.4, 0.5) is 0 Å². The number of carbonyl (C=O) groups excluding carboxylic acids is 2. The van der Waals surface area contributed by atoms with Crippen molar-refractivity contribution in [1.82, 2.24) is 24.6 Å². The first-order valence-electron chi connectivity index (χ1n) is 6.92.